The van der Waals surface area contributed by atoms with E-state index in [2.05, 4.69) is 9.97 Å². The highest BCUT2D eigenvalue weighted by Crippen LogP contribution is 2.13. The van der Waals surface area contributed by atoms with E-state index in [0.717, 1.165) is 5.39 Å². The lowest BCUT2D eigenvalue weighted by molar-refractivity contribution is 0.398. The van der Waals surface area contributed by atoms with Gasteiger partial charge in [-0.3, -0.25) is 4.79 Å². The monoisotopic (exact) mass is 176 g/mol. The zero-order valence-corrected chi connectivity index (χ0v) is 7.07. The third kappa shape index (κ3) is 1.38. The number of hydrogen-bond acceptors (Lipinski definition) is 3. The van der Waals surface area contributed by atoms with E-state index in [9.17, 15) is 4.79 Å². The van der Waals surface area contributed by atoms with Crippen LogP contribution in [0.5, 0.6) is 5.88 Å². The largest absolute Gasteiger partial charge is 0.481 e. The summed E-state index contributed by atoms with van der Waals surface area (Å²) in [5.74, 6) is 0.541. The summed E-state index contributed by atoms with van der Waals surface area (Å²) in [5.41, 5.74) is 0.591. The average molecular weight is 176 g/mol. The molecular weight excluding hydrogens is 168 g/mol. The molecule has 2 heterocycles. The van der Waals surface area contributed by atoms with E-state index in [0.29, 0.717) is 11.4 Å². The second-order valence-corrected chi connectivity index (χ2v) is 2.64. The molecule has 0 bridgehead atoms. The minimum absolute atomic E-state index is 0.125. The summed E-state index contributed by atoms with van der Waals surface area (Å²) in [7, 11) is 1.56. The highest BCUT2D eigenvalue weighted by Gasteiger charge is 1.97. The van der Waals surface area contributed by atoms with Crippen LogP contribution in [0.4, 0.5) is 0 Å². The fourth-order valence-corrected chi connectivity index (χ4v) is 1.14. The van der Waals surface area contributed by atoms with Crippen LogP contribution in [-0.4, -0.2) is 17.1 Å². The zero-order valence-electron chi connectivity index (χ0n) is 7.07. The fourth-order valence-electron chi connectivity index (χ4n) is 1.14. The van der Waals surface area contributed by atoms with E-state index in [1.807, 2.05) is 0 Å². The van der Waals surface area contributed by atoms with Gasteiger partial charge in [-0.15, -0.1) is 0 Å². The summed E-state index contributed by atoms with van der Waals surface area (Å²) in [6.07, 6.45) is 1.58. The first-order chi connectivity index (χ1) is 6.29. The summed E-state index contributed by atoms with van der Waals surface area (Å²) in [5, 5.41) is 0.909. The van der Waals surface area contributed by atoms with Gasteiger partial charge in [-0.25, -0.2) is 4.98 Å². The first-order valence-corrected chi connectivity index (χ1v) is 3.83. The van der Waals surface area contributed by atoms with Crippen molar-refractivity contribution in [2.75, 3.05) is 7.11 Å². The van der Waals surface area contributed by atoms with E-state index < -0.39 is 0 Å². The molecule has 4 nitrogen and oxygen atoms in total. The van der Waals surface area contributed by atoms with Crippen molar-refractivity contribution in [2.24, 2.45) is 0 Å². The molecule has 0 spiro atoms. The van der Waals surface area contributed by atoms with Crippen LogP contribution < -0.4 is 10.3 Å². The van der Waals surface area contributed by atoms with Crippen molar-refractivity contribution in [3.05, 3.63) is 34.7 Å². The summed E-state index contributed by atoms with van der Waals surface area (Å²) >= 11 is 0. The molecule has 0 aliphatic rings. The van der Waals surface area contributed by atoms with Crippen LogP contribution in [0.1, 0.15) is 0 Å². The maximum Gasteiger partial charge on any atom is 0.248 e. The normalized spacial score (nSPS) is 10.2. The molecule has 0 aromatic carbocycles. The maximum absolute atomic E-state index is 10.9. The number of fused-ring (bicyclic) bond motifs is 1. The minimum atomic E-state index is -0.125. The smallest absolute Gasteiger partial charge is 0.248 e. The molecule has 2 rings (SSSR count). The first-order valence-electron chi connectivity index (χ1n) is 3.83. The van der Waals surface area contributed by atoms with Gasteiger partial charge < -0.3 is 9.72 Å². The third-order valence-electron chi connectivity index (χ3n) is 1.79. The molecule has 0 atom stereocenters. The lowest BCUT2D eigenvalue weighted by atomic mass is 10.3. The highest BCUT2D eigenvalue weighted by atomic mass is 16.5. The van der Waals surface area contributed by atoms with Gasteiger partial charge in [0.25, 0.3) is 0 Å². The number of methoxy groups -OCH3 is 1. The van der Waals surface area contributed by atoms with Crippen molar-refractivity contribution in [2.45, 2.75) is 0 Å². The Balaban J connectivity index is 2.73. The van der Waals surface area contributed by atoms with Crippen molar-refractivity contribution in [3.63, 3.8) is 0 Å². The Kier molecular flexibility index (Phi) is 1.73. The molecule has 2 aromatic rings. The van der Waals surface area contributed by atoms with Gasteiger partial charge in [0, 0.05) is 17.5 Å². The maximum atomic E-state index is 10.9. The molecule has 0 unspecified atom stereocenters. The molecule has 66 valence electrons. The summed E-state index contributed by atoms with van der Waals surface area (Å²) in [4.78, 5) is 17.6. The van der Waals surface area contributed by atoms with Crippen molar-refractivity contribution < 1.29 is 4.74 Å². The van der Waals surface area contributed by atoms with Gasteiger partial charge in [-0.2, -0.15) is 0 Å². The van der Waals surface area contributed by atoms with Crippen molar-refractivity contribution in [1.29, 1.82) is 0 Å². The van der Waals surface area contributed by atoms with Crippen molar-refractivity contribution >= 4 is 10.9 Å². The molecule has 0 aliphatic heterocycles. The molecule has 1 N–H and O–H groups in total. The molecule has 0 radical (unpaired) electrons. The summed E-state index contributed by atoms with van der Waals surface area (Å²) in [6.45, 7) is 0. The van der Waals surface area contributed by atoms with Gasteiger partial charge in [0.1, 0.15) is 0 Å². The van der Waals surface area contributed by atoms with E-state index in [4.69, 9.17) is 4.74 Å². The van der Waals surface area contributed by atoms with Crippen LogP contribution in [0.15, 0.2) is 29.2 Å². The van der Waals surface area contributed by atoms with E-state index in [1.165, 1.54) is 6.07 Å². The van der Waals surface area contributed by atoms with E-state index in [1.54, 1.807) is 25.4 Å². The molecule has 0 aliphatic carbocycles. The Morgan fingerprint density at radius 3 is 3.08 bits per heavy atom. The van der Waals surface area contributed by atoms with Crippen LogP contribution in [-0.2, 0) is 0 Å². The number of ether oxygens (including phenoxy) is 1. The summed E-state index contributed by atoms with van der Waals surface area (Å²) < 4.78 is 4.95. The molecular formula is C9H8N2O2. The number of H-pyrrole nitrogens is 1. The van der Waals surface area contributed by atoms with E-state index in [-0.39, 0.29) is 5.56 Å². The van der Waals surface area contributed by atoms with Gasteiger partial charge in [-0.1, -0.05) is 0 Å². The Labute approximate surface area is 74.2 Å². The van der Waals surface area contributed by atoms with Crippen LogP contribution >= 0.6 is 0 Å². The molecule has 2 aromatic heterocycles. The average Bonchev–Trinajstić information content (AvgIpc) is 2.17. The fraction of sp³-hybridized carbons (Fsp3) is 0.111. The minimum Gasteiger partial charge on any atom is -0.481 e. The zero-order chi connectivity index (χ0) is 9.26. The van der Waals surface area contributed by atoms with Crippen LogP contribution in [0.2, 0.25) is 0 Å². The Hall–Kier alpha value is -1.84. The predicted octanol–water partition coefficient (Wildman–Crippen LogP) is 0.932. The highest BCUT2D eigenvalue weighted by molar-refractivity contribution is 5.78. The molecule has 0 saturated heterocycles. The van der Waals surface area contributed by atoms with Crippen molar-refractivity contribution in [1.82, 2.24) is 9.97 Å². The lowest BCUT2D eigenvalue weighted by Gasteiger charge is -1.99. The van der Waals surface area contributed by atoms with Gasteiger partial charge >= 0.3 is 0 Å². The number of aromatic nitrogens is 2. The lowest BCUT2D eigenvalue weighted by Crippen LogP contribution is -2.02. The van der Waals surface area contributed by atoms with Crippen molar-refractivity contribution in [3.8, 4) is 5.88 Å². The summed E-state index contributed by atoms with van der Waals surface area (Å²) in [6, 6.07) is 4.98. The third-order valence-corrected chi connectivity index (χ3v) is 1.79. The van der Waals surface area contributed by atoms with Gasteiger partial charge in [0.2, 0.25) is 11.4 Å². The Bertz CT molecular complexity index is 490. The number of nitrogens with one attached hydrogen (secondary N) is 1. The first kappa shape index (κ1) is 7.79. The molecule has 0 saturated carbocycles. The molecule has 13 heavy (non-hydrogen) atoms. The molecule has 0 fully saturated rings. The van der Waals surface area contributed by atoms with Crippen LogP contribution in [0.3, 0.4) is 0 Å². The number of nitrogens with zero attached hydrogens (tertiary/aromatic N) is 1. The number of pyridine rings is 2. The standard InChI is InChI=1S/C9H8N2O2/c1-13-9-4-6-2-3-8(12)11-7(6)5-10-9/h2-5H,1H3,(H,11,12). The number of rotatable bonds is 1. The second kappa shape index (κ2) is 2.90. The topological polar surface area (TPSA) is 55.0 Å². The number of hydrogen-bond donors (Lipinski definition) is 1. The van der Waals surface area contributed by atoms with Gasteiger partial charge in [-0.05, 0) is 6.07 Å². The quantitative estimate of drug-likeness (QED) is 0.703. The Morgan fingerprint density at radius 1 is 1.46 bits per heavy atom. The second-order valence-electron chi connectivity index (χ2n) is 2.64. The van der Waals surface area contributed by atoms with Gasteiger partial charge in [0.05, 0.1) is 18.8 Å². The van der Waals surface area contributed by atoms with Crippen LogP contribution in [0.25, 0.3) is 10.9 Å². The SMILES string of the molecule is COc1cc2ccc(=O)[nH]c2cn1. The predicted molar refractivity (Wildman–Crippen MR) is 48.9 cm³/mol. The molecule has 4 heteroatoms. The number of aromatic amines is 1. The van der Waals surface area contributed by atoms with Crippen LogP contribution in [0, 0.1) is 0 Å². The van der Waals surface area contributed by atoms with E-state index >= 15 is 0 Å². The molecule has 0 amide bonds. The Morgan fingerprint density at radius 2 is 2.31 bits per heavy atom. The van der Waals surface area contributed by atoms with Gasteiger partial charge in [0.15, 0.2) is 0 Å².